The number of para-hydroxylation sites is 1. The molecule has 0 spiro atoms. The molecule has 0 amide bonds. The summed E-state index contributed by atoms with van der Waals surface area (Å²) in [4.78, 5) is 23.4. The number of aromatic nitrogens is 1. The SMILES string of the molecule is CC(C)(C)n1c(=O)sc(=O)c2ccccc21. The largest absolute Gasteiger partial charge is 0.311 e. The molecule has 0 aliphatic carbocycles. The first-order valence-electron chi connectivity index (χ1n) is 5.06. The summed E-state index contributed by atoms with van der Waals surface area (Å²) in [5.41, 5.74) is 0.393. The van der Waals surface area contributed by atoms with Crippen LogP contribution in [0.3, 0.4) is 0 Å². The predicted molar refractivity (Wildman–Crippen MR) is 67.4 cm³/mol. The standard InChI is InChI=1S/C12H13NO2S/c1-12(2,3)13-9-7-5-4-6-8(9)10(14)16-11(13)15/h4-7H,1-3H3. The molecule has 0 unspecified atom stereocenters. The summed E-state index contributed by atoms with van der Waals surface area (Å²) in [5.74, 6) is 0. The van der Waals surface area contributed by atoms with Gasteiger partial charge >= 0.3 is 4.87 Å². The van der Waals surface area contributed by atoms with E-state index < -0.39 is 0 Å². The van der Waals surface area contributed by atoms with E-state index in [1.165, 1.54) is 0 Å². The van der Waals surface area contributed by atoms with Gasteiger partial charge in [0, 0.05) is 5.54 Å². The van der Waals surface area contributed by atoms with E-state index in [-0.39, 0.29) is 15.2 Å². The third kappa shape index (κ3) is 1.69. The van der Waals surface area contributed by atoms with Crippen molar-refractivity contribution in [1.82, 2.24) is 4.57 Å². The molecule has 3 nitrogen and oxygen atoms in total. The fraction of sp³-hybridized carbons (Fsp3) is 0.333. The van der Waals surface area contributed by atoms with E-state index >= 15 is 0 Å². The first-order valence-corrected chi connectivity index (χ1v) is 5.88. The lowest BCUT2D eigenvalue weighted by molar-refractivity contribution is 0.402. The Bertz CT molecular complexity index is 646. The molecular weight excluding hydrogens is 222 g/mol. The van der Waals surface area contributed by atoms with E-state index in [0.29, 0.717) is 10.9 Å². The van der Waals surface area contributed by atoms with Crippen molar-refractivity contribution in [2.45, 2.75) is 26.3 Å². The van der Waals surface area contributed by atoms with Crippen LogP contribution in [0.25, 0.3) is 10.9 Å². The van der Waals surface area contributed by atoms with Crippen LogP contribution < -0.4 is 9.62 Å². The van der Waals surface area contributed by atoms with Gasteiger partial charge in [0.15, 0.2) is 0 Å². The van der Waals surface area contributed by atoms with Gasteiger partial charge in [-0.05, 0) is 44.2 Å². The Labute approximate surface area is 97.0 Å². The smallest absolute Gasteiger partial charge is 0.294 e. The maximum absolute atomic E-state index is 11.9. The molecule has 0 aliphatic rings. The van der Waals surface area contributed by atoms with Crippen molar-refractivity contribution in [3.8, 4) is 0 Å². The third-order valence-electron chi connectivity index (χ3n) is 2.40. The molecule has 0 N–H and O–H groups in total. The fourth-order valence-electron chi connectivity index (χ4n) is 1.75. The Kier molecular flexibility index (Phi) is 2.46. The topological polar surface area (TPSA) is 39.1 Å². The van der Waals surface area contributed by atoms with Gasteiger partial charge in [-0.1, -0.05) is 12.1 Å². The minimum atomic E-state index is -0.319. The van der Waals surface area contributed by atoms with Gasteiger partial charge in [0.2, 0.25) is 4.74 Å². The summed E-state index contributed by atoms with van der Waals surface area (Å²) in [6, 6.07) is 7.23. The summed E-state index contributed by atoms with van der Waals surface area (Å²) in [6.45, 7) is 5.87. The second kappa shape index (κ2) is 3.56. The zero-order valence-corrected chi connectivity index (χ0v) is 10.3. The summed E-state index contributed by atoms with van der Waals surface area (Å²) in [7, 11) is 0. The molecule has 2 rings (SSSR count). The van der Waals surface area contributed by atoms with Crippen molar-refractivity contribution >= 4 is 22.2 Å². The zero-order chi connectivity index (χ0) is 11.9. The van der Waals surface area contributed by atoms with Crippen LogP contribution in [0.4, 0.5) is 0 Å². The maximum atomic E-state index is 11.9. The van der Waals surface area contributed by atoms with Crippen LogP contribution in [0, 0.1) is 0 Å². The number of hydrogen-bond acceptors (Lipinski definition) is 3. The Morgan fingerprint density at radius 3 is 2.38 bits per heavy atom. The maximum Gasteiger partial charge on any atom is 0.311 e. The minimum absolute atomic E-state index is 0.166. The van der Waals surface area contributed by atoms with E-state index in [2.05, 4.69) is 0 Å². The van der Waals surface area contributed by atoms with Gasteiger partial charge in [0.1, 0.15) is 0 Å². The molecule has 1 aromatic carbocycles. The minimum Gasteiger partial charge on any atom is -0.294 e. The number of benzene rings is 1. The summed E-state index contributed by atoms with van der Waals surface area (Å²) in [6.07, 6.45) is 0. The lowest BCUT2D eigenvalue weighted by Gasteiger charge is -2.23. The van der Waals surface area contributed by atoms with Crippen LogP contribution in [0.5, 0.6) is 0 Å². The molecule has 0 bridgehead atoms. The van der Waals surface area contributed by atoms with Gasteiger partial charge < -0.3 is 0 Å². The van der Waals surface area contributed by atoms with Gasteiger partial charge in [-0.25, -0.2) is 0 Å². The Morgan fingerprint density at radius 1 is 1.12 bits per heavy atom. The second-order valence-electron chi connectivity index (χ2n) is 4.68. The van der Waals surface area contributed by atoms with Crippen LogP contribution in [0.15, 0.2) is 33.9 Å². The number of hydrogen-bond donors (Lipinski definition) is 0. The van der Waals surface area contributed by atoms with Gasteiger partial charge in [0.05, 0.1) is 10.9 Å². The number of fused-ring (bicyclic) bond motifs is 1. The van der Waals surface area contributed by atoms with E-state index in [4.69, 9.17) is 0 Å². The van der Waals surface area contributed by atoms with Gasteiger partial charge in [-0.2, -0.15) is 0 Å². The fourth-order valence-corrected chi connectivity index (χ4v) is 2.66. The van der Waals surface area contributed by atoms with E-state index in [1.807, 2.05) is 39.0 Å². The van der Waals surface area contributed by atoms with Crippen molar-refractivity contribution in [2.75, 3.05) is 0 Å². The normalized spacial score (nSPS) is 11.9. The molecule has 84 valence electrons. The number of rotatable bonds is 0. The van der Waals surface area contributed by atoms with Crippen molar-refractivity contribution < 1.29 is 0 Å². The van der Waals surface area contributed by atoms with Crippen molar-refractivity contribution in [2.24, 2.45) is 0 Å². The highest BCUT2D eigenvalue weighted by Crippen LogP contribution is 2.18. The molecule has 4 heteroatoms. The summed E-state index contributed by atoms with van der Waals surface area (Å²) >= 11 is 0.767. The molecule has 1 heterocycles. The molecule has 0 aliphatic heterocycles. The first kappa shape index (κ1) is 11.1. The zero-order valence-electron chi connectivity index (χ0n) is 9.48. The molecule has 1 aromatic heterocycles. The molecular formula is C12H13NO2S. The Hall–Kier alpha value is -1.42. The third-order valence-corrected chi connectivity index (χ3v) is 3.16. The average Bonchev–Trinajstić information content (AvgIpc) is 2.15. The highest BCUT2D eigenvalue weighted by atomic mass is 32.1. The van der Waals surface area contributed by atoms with Gasteiger partial charge in [0.25, 0.3) is 0 Å². The molecule has 0 fully saturated rings. The number of nitrogens with zero attached hydrogens (tertiary/aromatic N) is 1. The second-order valence-corrected chi connectivity index (χ2v) is 5.60. The van der Waals surface area contributed by atoms with E-state index in [0.717, 1.165) is 11.3 Å². The van der Waals surface area contributed by atoms with Crippen molar-refractivity contribution in [1.29, 1.82) is 0 Å². The monoisotopic (exact) mass is 235 g/mol. The average molecular weight is 235 g/mol. The molecule has 16 heavy (non-hydrogen) atoms. The Balaban J connectivity index is 3.05. The lowest BCUT2D eigenvalue weighted by Crippen LogP contribution is -2.34. The lowest BCUT2D eigenvalue weighted by atomic mass is 10.1. The first-order chi connectivity index (χ1) is 7.41. The van der Waals surface area contributed by atoms with E-state index in [9.17, 15) is 9.59 Å². The van der Waals surface area contributed by atoms with E-state index in [1.54, 1.807) is 10.6 Å². The molecule has 0 saturated carbocycles. The predicted octanol–water partition coefficient (Wildman–Crippen LogP) is 2.18. The van der Waals surface area contributed by atoms with Gasteiger partial charge in [-0.15, -0.1) is 0 Å². The van der Waals surface area contributed by atoms with Crippen LogP contribution in [0.1, 0.15) is 20.8 Å². The van der Waals surface area contributed by atoms with Crippen LogP contribution in [-0.2, 0) is 5.54 Å². The quantitative estimate of drug-likeness (QED) is 0.702. The Morgan fingerprint density at radius 2 is 1.75 bits per heavy atom. The van der Waals surface area contributed by atoms with Gasteiger partial charge in [-0.3, -0.25) is 14.2 Å². The van der Waals surface area contributed by atoms with Crippen LogP contribution >= 0.6 is 11.3 Å². The highest BCUT2D eigenvalue weighted by molar-refractivity contribution is 7.07. The van der Waals surface area contributed by atoms with Crippen molar-refractivity contribution in [3.63, 3.8) is 0 Å². The van der Waals surface area contributed by atoms with Crippen LogP contribution in [-0.4, -0.2) is 4.57 Å². The summed E-state index contributed by atoms with van der Waals surface area (Å²) in [5, 5.41) is 0.613. The molecule has 2 aromatic rings. The molecule has 0 radical (unpaired) electrons. The van der Waals surface area contributed by atoms with Crippen molar-refractivity contribution in [3.05, 3.63) is 43.5 Å². The highest BCUT2D eigenvalue weighted by Gasteiger charge is 2.18. The van der Waals surface area contributed by atoms with Crippen LogP contribution in [0.2, 0.25) is 0 Å². The summed E-state index contributed by atoms with van der Waals surface area (Å²) < 4.78 is 1.51. The molecule has 0 saturated heterocycles. The molecule has 0 atom stereocenters.